The third-order valence-corrected chi connectivity index (χ3v) is 2.25. The lowest BCUT2D eigenvalue weighted by Crippen LogP contribution is -2.34. The van der Waals surface area contributed by atoms with Gasteiger partial charge in [0, 0.05) is 19.0 Å². The Kier molecular flexibility index (Phi) is 3.26. The van der Waals surface area contributed by atoms with Gasteiger partial charge in [-0.1, -0.05) is 0 Å². The van der Waals surface area contributed by atoms with Gasteiger partial charge in [0.15, 0.2) is 11.5 Å². The van der Waals surface area contributed by atoms with E-state index in [4.69, 9.17) is 9.47 Å². The van der Waals surface area contributed by atoms with Crippen molar-refractivity contribution in [3.8, 4) is 11.5 Å². The molecule has 86 valence electrons. The fourth-order valence-corrected chi connectivity index (χ4v) is 1.49. The summed E-state index contributed by atoms with van der Waals surface area (Å²) in [6.07, 6.45) is 0.854. The van der Waals surface area contributed by atoms with Gasteiger partial charge in [-0.2, -0.15) is 0 Å². The zero-order valence-corrected chi connectivity index (χ0v) is 9.08. The Hall–Kier alpha value is -1.75. The lowest BCUT2D eigenvalue weighted by atomic mass is 10.2. The average Bonchev–Trinajstić information content (AvgIpc) is 2.53. The number of carbonyl (C=O) groups excluding carboxylic acids is 1. The van der Waals surface area contributed by atoms with Crippen LogP contribution < -0.4 is 20.3 Å². The van der Waals surface area contributed by atoms with Gasteiger partial charge >= 0.3 is 0 Å². The monoisotopic (exact) mass is 222 g/mol. The van der Waals surface area contributed by atoms with Gasteiger partial charge in [-0.25, -0.2) is 5.43 Å². The molecule has 1 aliphatic rings. The van der Waals surface area contributed by atoms with Crippen molar-refractivity contribution in [3.63, 3.8) is 0 Å². The molecule has 0 saturated carbocycles. The largest absolute Gasteiger partial charge is 0.490 e. The minimum absolute atomic E-state index is 0.196. The Bertz CT molecular complexity index is 393. The van der Waals surface area contributed by atoms with Crippen LogP contribution in [0.4, 0.5) is 0 Å². The smallest absolute Gasteiger partial charge is 0.265 e. The number of fused-ring (bicyclic) bond motifs is 1. The molecule has 1 amide bonds. The molecule has 2 rings (SSSR count). The number of hydrazine groups is 1. The molecule has 0 spiro atoms. The molecule has 1 aliphatic heterocycles. The average molecular weight is 222 g/mol. The molecule has 0 saturated heterocycles. The van der Waals surface area contributed by atoms with Crippen molar-refractivity contribution in [2.45, 2.75) is 6.42 Å². The van der Waals surface area contributed by atoms with Crippen molar-refractivity contribution >= 4 is 5.91 Å². The zero-order valence-electron chi connectivity index (χ0n) is 9.08. The minimum Gasteiger partial charge on any atom is -0.490 e. The highest BCUT2D eigenvalue weighted by molar-refractivity contribution is 5.94. The predicted molar refractivity (Wildman–Crippen MR) is 58.6 cm³/mol. The molecule has 16 heavy (non-hydrogen) atoms. The highest BCUT2D eigenvalue weighted by Crippen LogP contribution is 2.30. The first-order valence-electron chi connectivity index (χ1n) is 5.18. The molecule has 0 aliphatic carbocycles. The van der Waals surface area contributed by atoms with E-state index in [-0.39, 0.29) is 5.91 Å². The van der Waals surface area contributed by atoms with Crippen molar-refractivity contribution in [2.24, 2.45) is 0 Å². The molecular weight excluding hydrogens is 208 g/mol. The summed E-state index contributed by atoms with van der Waals surface area (Å²) in [4.78, 5) is 11.5. The van der Waals surface area contributed by atoms with E-state index in [1.807, 2.05) is 0 Å². The summed E-state index contributed by atoms with van der Waals surface area (Å²) >= 11 is 0. The molecular formula is C11H14N2O3. The van der Waals surface area contributed by atoms with Crippen molar-refractivity contribution in [1.29, 1.82) is 0 Å². The van der Waals surface area contributed by atoms with Crippen LogP contribution in [0.1, 0.15) is 16.8 Å². The van der Waals surface area contributed by atoms with E-state index in [9.17, 15) is 4.79 Å². The van der Waals surface area contributed by atoms with E-state index < -0.39 is 0 Å². The molecule has 0 atom stereocenters. The van der Waals surface area contributed by atoms with E-state index in [2.05, 4.69) is 10.9 Å². The van der Waals surface area contributed by atoms with Crippen LogP contribution in [-0.2, 0) is 0 Å². The second kappa shape index (κ2) is 4.85. The number of hydrogen-bond acceptors (Lipinski definition) is 4. The van der Waals surface area contributed by atoms with E-state index >= 15 is 0 Å². The number of rotatable bonds is 2. The number of ether oxygens (including phenoxy) is 2. The fourth-order valence-electron chi connectivity index (χ4n) is 1.49. The van der Waals surface area contributed by atoms with Gasteiger partial charge < -0.3 is 9.47 Å². The van der Waals surface area contributed by atoms with Crippen molar-refractivity contribution in [3.05, 3.63) is 23.8 Å². The van der Waals surface area contributed by atoms with Crippen LogP contribution in [0, 0.1) is 0 Å². The topological polar surface area (TPSA) is 59.6 Å². The van der Waals surface area contributed by atoms with Crippen molar-refractivity contribution in [1.82, 2.24) is 10.9 Å². The van der Waals surface area contributed by atoms with Crippen LogP contribution in [0.15, 0.2) is 18.2 Å². The standard InChI is InChI=1S/C11H14N2O3/c1-12-13-11(14)8-3-4-9-10(7-8)16-6-2-5-15-9/h3-4,7,12H,2,5-6H2,1H3,(H,13,14). The number of carbonyl (C=O) groups is 1. The van der Waals surface area contributed by atoms with Crippen LogP contribution >= 0.6 is 0 Å². The van der Waals surface area contributed by atoms with Crippen LogP contribution in [0.5, 0.6) is 11.5 Å². The molecule has 0 radical (unpaired) electrons. The van der Waals surface area contributed by atoms with Crippen molar-refractivity contribution in [2.75, 3.05) is 20.3 Å². The van der Waals surface area contributed by atoms with E-state index in [1.165, 1.54) is 0 Å². The Morgan fingerprint density at radius 1 is 1.25 bits per heavy atom. The quantitative estimate of drug-likeness (QED) is 0.724. The molecule has 5 nitrogen and oxygen atoms in total. The van der Waals surface area contributed by atoms with Gasteiger partial charge in [0.1, 0.15) is 0 Å². The third kappa shape index (κ3) is 2.25. The molecule has 1 aromatic carbocycles. The first kappa shape index (κ1) is 10.8. The van der Waals surface area contributed by atoms with Crippen molar-refractivity contribution < 1.29 is 14.3 Å². The van der Waals surface area contributed by atoms with Crippen LogP contribution in [0.2, 0.25) is 0 Å². The molecule has 0 unspecified atom stereocenters. The first-order valence-corrected chi connectivity index (χ1v) is 5.18. The van der Waals surface area contributed by atoms with E-state index in [1.54, 1.807) is 25.2 Å². The molecule has 2 N–H and O–H groups in total. The number of nitrogens with one attached hydrogen (secondary N) is 2. The summed E-state index contributed by atoms with van der Waals surface area (Å²) in [7, 11) is 1.64. The maximum Gasteiger partial charge on any atom is 0.265 e. The summed E-state index contributed by atoms with van der Waals surface area (Å²) in [5.41, 5.74) is 5.63. The normalized spacial score (nSPS) is 14.1. The maximum absolute atomic E-state index is 11.5. The minimum atomic E-state index is -0.196. The Labute approximate surface area is 93.7 Å². The number of amides is 1. The van der Waals surface area contributed by atoms with Crippen LogP contribution in [0.3, 0.4) is 0 Å². The highest BCUT2D eigenvalue weighted by atomic mass is 16.5. The predicted octanol–water partition coefficient (Wildman–Crippen LogP) is 0.712. The third-order valence-electron chi connectivity index (χ3n) is 2.25. The molecule has 0 fully saturated rings. The highest BCUT2D eigenvalue weighted by Gasteiger charge is 2.13. The first-order chi connectivity index (χ1) is 7.81. The fraction of sp³-hybridized carbons (Fsp3) is 0.364. The molecule has 0 aromatic heterocycles. The Morgan fingerprint density at radius 3 is 2.75 bits per heavy atom. The molecule has 1 aromatic rings. The molecule has 1 heterocycles. The zero-order chi connectivity index (χ0) is 11.4. The lowest BCUT2D eigenvalue weighted by molar-refractivity contribution is 0.0937. The summed E-state index contributed by atoms with van der Waals surface area (Å²) in [5, 5.41) is 0. The molecule has 0 bridgehead atoms. The van der Waals surface area contributed by atoms with Gasteiger partial charge in [-0.05, 0) is 18.2 Å². The van der Waals surface area contributed by atoms with Gasteiger partial charge in [-0.15, -0.1) is 0 Å². The number of hydrogen-bond donors (Lipinski definition) is 2. The van der Waals surface area contributed by atoms with Crippen LogP contribution in [0.25, 0.3) is 0 Å². The SMILES string of the molecule is CNNC(=O)c1ccc2c(c1)OCCCO2. The second-order valence-corrected chi connectivity index (χ2v) is 3.42. The Morgan fingerprint density at radius 2 is 2.00 bits per heavy atom. The molecule has 5 heteroatoms. The lowest BCUT2D eigenvalue weighted by Gasteiger charge is -2.09. The van der Waals surface area contributed by atoms with E-state index in [0.29, 0.717) is 30.3 Å². The maximum atomic E-state index is 11.5. The van der Waals surface area contributed by atoms with Gasteiger partial charge in [0.25, 0.3) is 5.91 Å². The summed E-state index contributed by atoms with van der Waals surface area (Å²) in [6, 6.07) is 5.15. The van der Waals surface area contributed by atoms with E-state index in [0.717, 1.165) is 6.42 Å². The number of benzene rings is 1. The summed E-state index contributed by atoms with van der Waals surface area (Å²) < 4.78 is 11.0. The van der Waals surface area contributed by atoms with Gasteiger partial charge in [-0.3, -0.25) is 10.2 Å². The second-order valence-electron chi connectivity index (χ2n) is 3.42. The summed E-state index contributed by atoms with van der Waals surface area (Å²) in [6.45, 7) is 1.26. The Balaban J connectivity index is 2.23. The van der Waals surface area contributed by atoms with Gasteiger partial charge in [0.05, 0.1) is 13.2 Å². The van der Waals surface area contributed by atoms with Crippen LogP contribution in [-0.4, -0.2) is 26.2 Å². The summed E-state index contributed by atoms with van der Waals surface area (Å²) in [5.74, 6) is 1.12. The van der Waals surface area contributed by atoms with Gasteiger partial charge in [0.2, 0.25) is 0 Å².